The normalized spacial score (nSPS) is 16.4. The fraction of sp³-hybridized carbons (Fsp3) is 0.444. The van der Waals surface area contributed by atoms with Gasteiger partial charge in [0, 0.05) is 11.3 Å². The van der Waals surface area contributed by atoms with Crippen molar-refractivity contribution in [1.29, 1.82) is 0 Å². The number of aliphatic hydroxyl groups excluding tert-OH is 1. The molecule has 0 aromatic carbocycles. The van der Waals surface area contributed by atoms with Gasteiger partial charge in [-0.25, -0.2) is 0 Å². The predicted molar refractivity (Wildman–Crippen MR) is 48.7 cm³/mol. The van der Waals surface area contributed by atoms with Gasteiger partial charge in [0.15, 0.2) is 0 Å². The molecule has 0 spiro atoms. The first-order chi connectivity index (χ1) is 5.13. The fourth-order valence-electron chi connectivity index (χ4n) is 0.833. The molecule has 62 valence electrons. The van der Waals surface area contributed by atoms with Gasteiger partial charge in [-0.3, -0.25) is 4.99 Å². The van der Waals surface area contributed by atoms with Gasteiger partial charge < -0.3 is 5.11 Å². The van der Waals surface area contributed by atoms with Gasteiger partial charge in [0.2, 0.25) is 0 Å². The average molecular weight is 153 g/mol. The lowest BCUT2D eigenvalue weighted by Gasteiger charge is -2.06. The lowest BCUT2D eigenvalue weighted by molar-refractivity contribution is 0.234. The molecule has 0 saturated carbocycles. The molecule has 0 aromatic rings. The summed E-state index contributed by atoms with van der Waals surface area (Å²) in [6.07, 6.45) is 3.24. The van der Waals surface area contributed by atoms with Gasteiger partial charge in [-0.1, -0.05) is 12.2 Å². The van der Waals surface area contributed by atoms with Crippen LogP contribution in [0, 0.1) is 0 Å². The Morgan fingerprint density at radius 3 is 2.45 bits per heavy atom. The van der Waals surface area contributed by atoms with Crippen molar-refractivity contribution in [2.45, 2.75) is 26.9 Å². The largest absolute Gasteiger partial charge is 0.389 e. The molecule has 1 atom stereocenters. The van der Waals surface area contributed by atoms with Crippen molar-refractivity contribution >= 4 is 6.72 Å². The Morgan fingerprint density at radius 1 is 1.64 bits per heavy atom. The summed E-state index contributed by atoms with van der Waals surface area (Å²) in [4.78, 5) is 3.75. The standard InChI is InChI=1S/C9H15NO/c1-5-6-9(8(3)11)7(2)10-4/h5-6,8,11H,4H2,1-3H3/b6-5-,9-7+. The van der Waals surface area contributed by atoms with Crippen molar-refractivity contribution in [3.63, 3.8) is 0 Å². The molecular weight excluding hydrogens is 138 g/mol. The van der Waals surface area contributed by atoms with E-state index in [0.29, 0.717) is 0 Å². The van der Waals surface area contributed by atoms with E-state index >= 15 is 0 Å². The minimum atomic E-state index is -0.475. The first-order valence-electron chi connectivity index (χ1n) is 3.61. The van der Waals surface area contributed by atoms with E-state index in [4.69, 9.17) is 0 Å². The van der Waals surface area contributed by atoms with Crippen LogP contribution in [-0.2, 0) is 0 Å². The summed E-state index contributed by atoms with van der Waals surface area (Å²) in [5.41, 5.74) is 1.60. The van der Waals surface area contributed by atoms with Crippen LogP contribution in [0.15, 0.2) is 28.4 Å². The molecule has 1 N–H and O–H groups in total. The summed E-state index contributed by atoms with van der Waals surface area (Å²) >= 11 is 0. The molecule has 0 aliphatic rings. The molecule has 0 saturated heterocycles. The highest BCUT2D eigenvalue weighted by molar-refractivity contribution is 5.34. The maximum absolute atomic E-state index is 9.25. The van der Waals surface area contributed by atoms with Crippen LogP contribution in [0.2, 0.25) is 0 Å². The molecule has 0 aliphatic carbocycles. The van der Waals surface area contributed by atoms with Crippen LogP contribution < -0.4 is 0 Å². The SMILES string of the molecule is C=N/C(C)=C(\C=C/C)C(C)O. The summed E-state index contributed by atoms with van der Waals surface area (Å²) in [6, 6.07) is 0. The molecule has 0 aromatic heterocycles. The zero-order chi connectivity index (χ0) is 8.85. The van der Waals surface area contributed by atoms with E-state index < -0.39 is 6.10 Å². The summed E-state index contributed by atoms with van der Waals surface area (Å²) in [5, 5.41) is 9.25. The third-order valence-electron chi connectivity index (χ3n) is 1.45. The Bertz CT molecular complexity index is 190. The van der Waals surface area contributed by atoms with Gasteiger partial charge in [0.1, 0.15) is 0 Å². The van der Waals surface area contributed by atoms with E-state index in [1.165, 1.54) is 0 Å². The first kappa shape index (κ1) is 10.1. The smallest absolute Gasteiger partial charge is 0.0779 e. The minimum Gasteiger partial charge on any atom is -0.389 e. The number of nitrogens with zero attached hydrogens (tertiary/aromatic N) is 1. The first-order valence-corrected chi connectivity index (χ1v) is 3.61. The molecule has 2 heteroatoms. The van der Waals surface area contributed by atoms with Crippen LogP contribution in [-0.4, -0.2) is 17.9 Å². The van der Waals surface area contributed by atoms with Gasteiger partial charge in [-0.2, -0.15) is 0 Å². The molecule has 11 heavy (non-hydrogen) atoms. The number of hydrogen-bond donors (Lipinski definition) is 1. The van der Waals surface area contributed by atoms with Gasteiger partial charge in [0.25, 0.3) is 0 Å². The van der Waals surface area contributed by atoms with Crippen LogP contribution in [0.25, 0.3) is 0 Å². The number of hydrogen-bond acceptors (Lipinski definition) is 2. The van der Waals surface area contributed by atoms with E-state index in [1.54, 1.807) is 6.92 Å². The van der Waals surface area contributed by atoms with Crippen molar-refractivity contribution in [3.8, 4) is 0 Å². The molecule has 2 nitrogen and oxygen atoms in total. The van der Waals surface area contributed by atoms with Gasteiger partial charge in [-0.05, 0) is 27.5 Å². The highest BCUT2D eigenvalue weighted by atomic mass is 16.3. The number of allylic oxidation sites excluding steroid dienone is 2. The molecule has 0 heterocycles. The molecule has 0 radical (unpaired) electrons. The predicted octanol–water partition coefficient (Wildman–Crippen LogP) is 1.92. The lowest BCUT2D eigenvalue weighted by Crippen LogP contribution is -2.03. The second-order valence-electron chi connectivity index (χ2n) is 2.37. The second kappa shape index (κ2) is 4.85. The molecule has 0 aliphatic heterocycles. The Balaban J connectivity index is 4.71. The van der Waals surface area contributed by atoms with Crippen LogP contribution in [0.1, 0.15) is 20.8 Å². The van der Waals surface area contributed by atoms with E-state index in [2.05, 4.69) is 11.7 Å². The number of aliphatic hydroxyl groups is 1. The lowest BCUT2D eigenvalue weighted by atomic mass is 10.1. The molecular formula is C9H15NO. The number of rotatable bonds is 3. The van der Waals surface area contributed by atoms with Gasteiger partial charge in [-0.15, -0.1) is 0 Å². The average Bonchev–Trinajstić information content (AvgIpc) is 1.98. The minimum absolute atomic E-state index is 0.475. The van der Waals surface area contributed by atoms with E-state index in [-0.39, 0.29) is 0 Å². The van der Waals surface area contributed by atoms with Gasteiger partial charge in [0.05, 0.1) is 6.10 Å². The van der Waals surface area contributed by atoms with Crippen molar-refractivity contribution in [1.82, 2.24) is 0 Å². The molecule has 0 amide bonds. The van der Waals surface area contributed by atoms with Crippen molar-refractivity contribution in [3.05, 3.63) is 23.4 Å². The monoisotopic (exact) mass is 153 g/mol. The maximum Gasteiger partial charge on any atom is 0.0779 e. The Hall–Kier alpha value is -0.890. The van der Waals surface area contributed by atoms with E-state index in [1.807, 2.05) is 26.0 Å². The van der Waals surface area contributed by atoms with E-state index in [9.17, 15) is 5.11 Å². The van der Waals surface area contributed by atoms with Crippen LogP contribution in [0.5, 0.6) is 0 Å². The van der Waals surface area contributed by atoms with Crippen molar-refractivity contribution < 1.29 is 5.11 Å². The summed E-state index contributed by atoms with van der Waals surface area (Å²) in [5.74, 6) is 0. The topological polar surface area (TPSA) is 32.6 Å². The Morgan fingerprint density at radius 2 is 2.18 bits per heavy atom. The second-order valence-corrected chi connectivity index (χ2v) is 2.37. The summed E-state index contributed by atoms with van der Waals surface area (Å²) in [6.45, 7) is 8.84. The summed E-state index contributed by atoms with van der Waals surface area (Å²) < 4.78 is 0. The highest BCUT2D eigenvalue weighted by Gasteiger charge is 2.03. The zero-order valence-corrected chi connectivity index (χ0v) is 7.33. The fourth-order valence-corrected chi connectivity index (χ4v) is 0.833. The molecule has 1 unspecified atom stereocenters. The van der Waals surface area contributed by atoms with Crippen molar-refractivity contribution in [2.24, 2.45) is 4.99 Å². The number of aliphatic imine (C=N–C) groups is 1. The van der Waals surface area contributed by atoms with Gasteiger partial charge >= 0.3 is 0 Å². The maximum atomic E-state index is 9.25. The van der Waals surface area contributed by atoms with Crippen LogP contribution in [0.3, 0.4) is 0 Å². The molecule has 0 bridgehead atoms. The summed E-state index contributed by atoms with van der Waals surface area (Å²) in [7, 11) is 0. The molecule has 0 rings (SSSR count). The third-order valence-corrected chi connectivity index (χ3v) is 1.45. The quantitative estimate of drug-likeness (QED) is 0.487. The third kappa shape index (κ3) is 3.14. The van der Waals surface area contributed by atoms with Crippen LogP contribution >= 0.6 is 0 Å². The Kier molecular flexibility index (Phi) is 4.46. The zero-order valence-electron chi connectivity index (χ0n) is 7.33. The highest BCUT2D eigenvalue weighted by Crippen LogP contribution is 2.10. The van der Waals surface area contributed by atoms with E-state index in [0.717, 1.165) is 11.3 Å². The van der Waals surface area contributed by atoms with Crippen molar-refractivity contribution in [2.75, 3.05) is 0 Å². The Labute approximate surface area is 68.0 Å². The molecule has 0 fully saturated rings. The van der Waals surface area contributed by atoms with Crippen LogP contribution in [0.4, 0.5) is 0 Å².